The molecule has 0 saturated carbocycles. The van der Waals surface area contributed by atoms with Crippen LogP contribution in [0.25, 0.3) is 0 Å². The van der Waals surface area contributed by atoms with Gasteiger partial charge in [-0.2, -0.15) is 0 Å². The number of aliphatic hydroxyl groups excluding tert-OH is 1. The Labute approximate surface area is 586 Å². The lowest BCUT2D eigenvalue weighted by molar-refractivity contribution is -0.161. The van der Waals surface area contributed by atoms with Gasteiger partial charge in [-0.25, -0.2) is 9.13 Å². The van der Waals surface area contributed by atoms with Crippen LogP contribution < -0.4 is 0 Å². The molecule has 0 rings (SSSR count). The molecule has 0 heterocycles. The molecule has 0 aliphatic carbocycles. The van der Waals surface area contributed by atoms with Crippen molar-refractivity contribution in [2.45, 2.75) is 406 Å². The first kappa shape index (κ1) is 93.5. The van der Waals surface area contributed by atoms with Gasteiger partial charge in [0.25, 0.3) is 0 Å². The summed E-state index contributed by atoms with van der Waals surface area (Å²) in [5.74, 6) is -2.14. The monoisotopic (exact) mass is 1410 g/mol. The van der Waals surface area contributed by atoms with Gasteiger partial charge in [0, 0.05) is 25.7 Å². The third kappa shape index (κ3) is 70.0. The molecule has 17 nitrogen and oxygen atoms in total. The number of carbonyl (C=O) groups is 4. The second-order valence-corrected chi connectivity index (χ2v) is 29.9. The number of allylic oxidation sites excluding steroid dienone is 4. The lowest BCUT2D eigenvalue weighted by Gasteiger charge is -2.21. The Bertz CT molecular complexity index is 1920. The van der Waals surface area contributed by atoms with Crippen molar-refractivity contribution in [3.8, 4) is 0 Å². The third-order valence-corrected chi connectivity index (χ3v) is 19.3. The van der Waals surface area contributed by atoms with Crippen molar-refractivity contribution < 1.29 is 80.2 Å². The number of aliphatic hydroxyl groups is 1. The zero-order chi connectivity index (χ0) is 70.4. The van der Waals surface area contributed by atoms with E-state index in [0.29, 0.717) is 25.7 Å². The molecule has 0 saturated heterocycles. The Morgan fingerprint density at radius 1 is 0.281 bits per heavy atom. The van der Waals surface area contributed by atoms with Gasteiger partial charge in [0.05, 0.1) is 26.4 Å². The number of phosphoric ester groups is 2. The molecule has 0 aromatic rings. The van der Waals surface area contributed by atoms with Crippen molar-refractivity contribution in [3.63, 3.8) is 0 Å². The summed E-state index contributed by atoms with van der Waals surface area (Å²) in [4.78, 5) is 72.8. The van der Waals surface area contributed by atoms with Crippen LogP contribution in [0.4, 0.5) is 0 Å². The SMILES string of the molecule is CCCCCCCC/C=C\CCCCCCCC(=O)OCC(COP(=O)(O)OCC(O)COP(=O)(O)OCC(COC(=O)CCCCCCC/C=C\CCCCCCCC)OC(=O)CCCCCCCCCCCCCCCCC)OC(=O)CCCCCCCCCCCCC. The topological polar surface area (TPSA) is 237 Å². The van der Waals surface area contributed by atoms with E-state index in [1.807, 2.05) is 0 Å². The molecule has 0 aliphatic heterocycles. The van der Waals surface area contributed by atoms with Crippen molar-refractivity contribution in [1.29, 1.82) is 0 Å². The fourth-order valence-corrected chi connectivity index (χ4v) is 12.9. The number of unbranched alkanes of at least 4 members (excludes halogenated alkanes) is 46. The Morgan fingerprint density at radius 3 is 0.719 bits per heavy atom. The van der Waals surface area contributed by atoms with Crippen LogP contribution in [-0.2, 0) is 65.4 Å². The summed E-state index contributed by atoms with van der Waals surface area (Å²) in [7, 11) is -9.92. The molecule has 0 spiro atoms. The summed E-state index contributed by atoms with van der Waals surface area (Å²) >= 11 is 0. The fourth-order valence-electron chi connectivity index (χ4n) is 11.3. The number of carbonyl (C=O) groups excluding carboxylic acids is 4. The van der Waals surface area contributed by atoms with Crippen molar-refractivity contribution in [2.24, 2.45) is 0 Å². The maximum Gasteiger partial charge on any atom is 0.472 e. The molecule has 566 valence electrons. The number of rotatable bonds is 76. The number of esters is 4. The smallest absolute Gasteiger partial charge is 0.462 e. The van der Waals surface area contributed by atoms with E-state index in [1.54, 1.807) is 0 Å². The van der Waals surface area contributed by atoms with Crippen molar-refractivity contribution in [1.82, 2.24) is 0 Å². The number of hydrogen-bond acceptors (Lipinski definition) is 15. The summed E-state index contributed by atoms with van der Waals surface area (Å²) in [6, 6.07) is 0. The molecular formula is C77H146O17P2. The second-order valence-electron chi connectivity index (χ2n) is 27.0. The fraction of sp³-hybridized carbons (Fsp3) is 0.896. The van der Waals surface area contributed by atoms with Gasteiger partial charge in [-0.05, 0) is 77.0 Å². The minimum atomic E-state index is -4.96. The van der Waals surface area contributed by atoms with Crippen LogP contribution in [0.2, 0.25) is 0 Å². The van der Waals surface area contributed by atoms with E-state index in [2.05, 4.69) is 52.0 Å². The van der Waals surface area contributed by atoms with Crippen molar-refractivity contribution in [2.75, 3.05) is 39.6 Å². The zero-order valence-electron chi connectivity index (χ0n) is 61.8. The van der Waals surface area contributed by atoms with E-state index < -0.39 is 97.5 Å². The predicted octanol–water partition coefficient (Wildman–Crippen LogP) is 22.6. The summed E-state index contributed by atoms with van der Waals surface area (Å²) < 4.78 is 68.5. The van der Waals surface area contributed by atoms with Crippen molar-refractivity contribution in [3.05, 3.63) is 24.3 Å². The van der Waals surface area contributed by atoms with Crippen LogP contribution in [-0.4, -0.2) is 96.7 Å². The molecule has 5 unspecified atom stereocenters. The van der Waals surface area contributed by atoms with E-state index in [4.69, 9.17) is 37.0 Å². The highest BCUT2D eigenvalue weighted by molar-refractivity contribution is 7.47. The summed E-state index contributed by atoms with van der Waals surface area (Å²) in [6.07, 6.45) is 64.4. The molecule has 0 aromatic heterocycles. The van der Waals surface area contributed by atoms with Gasteiger partial charge in [0.2, 0.25) is 0 Å². The molecule has 19 heteroatoms. The summed E-state index contributed by atoms with van der Waals surface area (Å²) in [5, 5.41) is 10.6. The van der Waals surface area contributed by atoms with Crippen LogP contribution >= 0.6 is 15.6 Å². The largest absolute Gasteiger partial charge is 0.472 e. The Kier molecular flexibility index (Phi) is 69.1. The van der Waals surface area contributed by atoms with Crippen LogP contribution in [0, 0.1) is 0 Å². The van der Waals surface area contributed by atoms with E-state index in [1.165, 1.54) is 180 Å². The van der Waals surface area contributed by atoms with Crippen LogP contribution in [0.5, 0.6) is 0 Å². The highest BCUT2D eigenvalue weighted by Crippen LogP contribution is 2.45. The van der Waals surface area contributed by atoms with Gasteiger partial charge in [0.1, 0.15) is 19.3 Å². The van der Waals surface area contributed by atoms with Crippen molar-refractivity contribution >= 4 is 39.5 Å². The molecule has 0 bridgehead atoms. The second kappa shape index (κ2) is 71.0. The molecule has 0 radical (unpaired) electrons. The van der Waals surface area contributed by atoms with E-state index in [0.717, 1.165) is 128 Å². The van der Waals surface area contributed by atoms with Gasteiger partial charge in [-0.1, -0.05) is 309 Å². The number of hydrogen-bond donors (Lipinski definition) is 3. The minimum Gasteiger partial charge on any atom is -0.462 e. The average Bonchev–Trinajstić information content (AvgIpc) is 1.11. The van der Waals surface area contributed by atoms with Crippen LogP contribution in [0.15, 0.2) is 24.3 Å². The first-order valence-electron chi connectivity index (χ1n) is 39.6. The molecular weight excluding hydrogens is 1260 g/mol. The highest BCUT2D eigenvalue weighted by atomic mass is 31.2. The Hall–Kier alpha value is -2.46. The van der Waals surface area contributed by atoms with Gasteiger partial charge in [-0.3, -0.25) is 37.3 Å². The van der Waals surface area contributed by atoms with E-state index in [9.17, 15) is 43.2 Å². The molecule has 3 N–H and O–H groups in total. The quantitative estimate of drug-likeness (QED) is 0.0169. The van der Waals surface area contributed by atoms with E-state index >= 15 is 0 Å². The van der Waals surface area contributed by atoms with E-state index in [-0.39, 0.29) is 25.7 Å². The Balaban J connectivity index is 5.28. The summed E-state index contributed by atoms with van der Waals surface area (Å²) in [5.41, 5.74) is 0. The normalized spacial score (nSPS) is 14.0. The first-order chi connectivity index (χ1) is 46.7. The minimum absolute atomic E-state index is 0.103. The van der Waals surface area contributed by atoms with Gasteiger partial charge in [-0.15, -0.1) is 0 Å². The molecule has 96 heavy (non-hydrogen) atoms. The molecule has 5 atom stereocenters. The average molecular weight is 1410 g/mol. The maximum absolute atomic E-state index is 13.1. The van der Waals surface area contributed by atoms with Gasteiger partial charge < -0.3 is 33.8 Å². The molecule has 0 fully saturated rings. The molecule has 0 amide bonds. The lowest BCUT2D eigenvalue weighted by atomic mass is 10.0. The first-order valence-corrected chi connectivity index (χ1v) is 42.6. The number of phosphoric acid groups is 2. The predicted molar refractivity (Wildman–Crippen MR) is 391 cm³/mol. The van der Waals surface area contributed by atoms with Crippen LogP contribution in [0.3, 0.4) is 0 Å². The molecule has 0 aliphatic rings. The van der Waals surface area contributed by atoms with Gasteiger partial charge in [0.15, 0.2) is 12.2 Å². The maximum atomic E-state index is 13.1. The lowest BCUT2D eigenvalue weighted by Crippen LogP contribution is -2.30. The molecule has 0 aromatic carbocycles. The number of ether oxygens (including phenoxy) is 4. The third-order valence-electron chi connectivity index (χ3n) is 17.4. The highest BCUT2D eigenvalue weighted by Gasteiger charge is 2.30. The standard InChI is InChI=1S/C77H146O17P2/c1-5-9-13-17-21-25-29-32-35-38-42-45-49-53-57-61-74(79)87-67-72(93-76(81)63-59-55-51-47-41-28-24-20-16-12-8-4)69-91-95(83,84)89-65-71(78)66-90-96(85,86)92-70-73(94-77(82)64-60-56-52-48-44-40-37-34-31-27-23-19-15-11-7-3)68-88-75(80)62-58-54-50-46-43-39-36-33-30-26-22-18-14-10-6-2/h32-33,35-36,71-73,78H,5-31,34,37-70H2,1-4H3,(H,83,84)(H,85,86)/b35-32-,36-33-. The van der Waals surface area contributed by atoms with Gasteiger partial charge >= 0.3 is 39.5 Å². The summed E-state index contributed by atoms with van der Waals surface area (Å²) in [6.45, 7) is 4.94. The zero-order valence-corrected chi connectivity index (χ0v) is 63.6. The Morgan fingerprint density at radius 2 is 0.479 bits per heavy atom. The van der Waals surface area contributed by atoms with Crippen LogP contribution in [0.1, 0.15) is 387 Å².